The Balaban J connectivity index is 2.05. The lowest BCUT2D eigenvalue weighted by molar-refractivity contribution is 0.487. The lowest BCUT2D eigenvalue weighted by Gasteiger charge is -1.99. The molecule has 7 heteroatoms. The molecule has 0 aliphatic carbocycles. The molecule has 0 aliphatic heterocycles. The van der Waals surface area contributed by atoms with Gasteiger partial charge in [0, 0.05) is 13.2 Å². The maximum absolute atomic E-state index is 11.4. The van der Waals surface area contributed by atoms with Crippen LogP contribution < -0.4 is 11.4 Å². The standard InChI is InChI=1S/C8H12N6O/c1-12-6-10-14(8(12)15)5-4-13-3-2-7(9)11-13/h2-3,6H,4-5H2,1H3,(H2,9,11). The van der Waals surface area contributed by atoms with Gasteiger partial charge in [0.25, 0.3) is 0 Å². The van der Waals surface area contributed by atoms with Crippen molar-refractivity contribution in [2.45, 2.75) is 13.1 Å². The Bertz CT molecular complexity index is 507. The smallest absolute Gasteiger partial charge is 0.345 e. The van der Waals surface area contributed by atoms with Crippen molar-refractivity contribution >= 4 is 5.82 Å². The molecule has 0 saturated heterocycles. The van der Waals surface area contributed by atoms with E-state index in [0.717, 1.165) is 0 Å². The van der Waals surface area contributed by atoms with Crippen LogP contribution in [-0.2, 0) is 20.1 Å². The SMILES string of the molecule is Cn1cnn(CCn2ccc(N)n2)c1=O. The molecule has 2 aromatic rings. The highest BCUT2D eigenvalue weighted by Gasteiger charge is 2.01. The van der Waals surface area contributed by atoms with E-state index < -0.39 is 0 Å². The van der Waals surface area contributed by atoms with Crippen LogP contribution in [0.2, 0.25) is 0 Å². The molecule has 2 rings (SSSR count). The number of rotatable bonds is 3. The zero-order chi connectivity index (χ0) is 10.8. The number of nitrogens with zero attached hydrogens (tertiary/aromatic N) is 5. The predicted octanol–water partition coefficient (Wildman–Crippen LogP) is -0.939. The lowest BCUT2D eigenvalue weighted by atomic mass is 10.6. The fraction of sp³-hybridized carbons (Fsp3) is 0.375. The molecule has 2 N–H and O–H groups in total. The van der Waals surface area contributed by atoms with Crippen molar-refractivity contribution in [3.05, 3.63) is 29.1 Å². The topological polar surface area (TPSA) is 83.7 Å². The summed E-state index contributed by atoms with van der Waals surface area (Å²) in [4.78, 5) is 11.4. The second-order valence-electron chi connectivity index (χ2n) is 3.25. The number of nitrogens with two attached hydrogens (primary N) is 1. The highest BCUT2D eigenvalue weighted by atomic mass is 16.2. The zero-order valence-electron chi connectivity index (χ0n) is 8.37. The van der Waals surface area contributed by atoms with Crippen molar-refractivity contribution in [2.75, 3.05) is 5.73 Å². The Hall–Kier alpha value is -2.05. The second kappa shape index (κ2) is 3.60. The first-order valence-corrected chi connectivity index (χ1v) is 4.54. The van der Waals surface area contributed by atoms with E-state index in [1.165, 1.54) is 15.6 Å². The van der Waals surface area contributed by atoms with Crippen LogP contribution >= 0.6 is 0 Å². The third kappa shape index (κ3) is 1.90. The first-order chi connectivity index (χ1) is 7.16. The molecule has 2 aromatic heterocycles. The first-order valence-electron chi connectivity index (χ1n) is 4.54. The van der Waals surface area contributed by atoms with Gasteiger partial charge < -0.3 is 5.73 Å². The molecule has 0 unspecified atom stereocenters. The van der Waals surface area contributed by atoms with E-state index in [4.69, 9.17) is 5.73 Å². The highest BCUT2D eigenvalue weighted by molar-refractivity contribution is 5.23. The Labute approximate surface area is 85.7 Å². The number of aromatic nitrogens is 5. The summed E-state index contributed by atoms with van der Waals surface area (Å²) in [5, 5.41) is 7.94. The van der Waals surface area contributed by atoms with Crippen LogP contribution in [0, 0.1) is 0 Å². The van der Waals surface area contributed by atoms with Gasteiger partial charge in [0.15, 0.2) is 0 Å². The summed E-state index contributed by atoms with van der Waals surface area (Å²) >= 11 is 0. The van der Waals surface area contributed by atoms with Gasteiger partial charge >= 0.3 is 5.69 Å². The number of hydrogen-bond donors (Lipinski definition) is 1. The minimum atomic E-state index is -0.130. The van der Waals surface area contributed by atoms with Crippen LogP contribution in [0.15, 0.2) is 23.4 Å². The fourth-order valence-corrected chi connectivity index (χ4v) is 1.27. The summed E-state index contributed by atoms with van der Waals surface area (Å²) in [6.07, 6.45) is 3.25. The number of hydrogen-bond acceptors (Lipinski definition) is 4. The lowest BCUT2D eigenvalue weighted by Crippen LogP contribution is -2.25. The van der Waals surface area contributed by atoms with E-state index in [2.05, 4.69) is 10.2 Å². The van der Waals surface area contributed by atoms with Gasteiger partial charge in [-0.05, 0) is 6.07 Å². The van der Waals surface area contributed by atoms with E-state index in [9.17, 15) is 4.79 Å². The van der Waals surface area contributed by atoms with Gasteiger partial charge in [0.2, 0.25) is 0 Å². The molecule has 0 aromatic carbocycles. The minimum Gasteiger partial charge on any atom is -0.382 e. The van der Waals surface area contributed by atoms with Crippen LogP contribution in [0.25, 0.3) is 0 Å². The molecular formula is C8H12N6O. The van der Waals surface area contributed by atoms with Gasteiger partial charge in [0.1, 0.15) is 12.1 Å². The minimum absolute atomic E-state index is 0.130. The van der Waals surface area contributed by atoms with Gasteiger partial charge in [-0.3, -0.25) is 9.25 Å². The number of nitrogen functional groups attached to an aromatic ring is 1. The monoisotopic (exact) mass is 208 g/mol. The van der Waals surface area contributed by atoms with Crippen molar-refractivity contribution in [2.24, 2.45) is 7.05 Å². The molecular weight excluding hydrogens is 196 g/mol. The Kier molecular flexibility index (Phi) is 2.28. The molecule has 7 nitrogen and oxygen atoms in total. The first kappa shape index (κ1) is 9.50. The average molecular weight is 208 g/mol. The zero-order valence-corrected chi connectivity index (χ0v) is 8.37. The van der Waals surface area contributed by atoms with Gasteiger partial charge in [-0.1, -0.05) is 0 Å². The molecule has 0 radical (unpaired) electrons. The van der Waals surface area contributed by atoms with E-state index >= 15 is 0 Å². The van der Waals surface area contributed by atoms with E-state index in [0.29, 0.717) is 18.9 Å². The Morgan fingerprint density at radius 3 is 2.80 bits per heavy atom. The second-order valence-corrected chi connectivity index (χ2v) is 3.25. The molecule has 0 saturated carbocycles. The molecule has 0 fully saturated rings. The van der Waals surface area contributed by atoms with Gasteiger partial charge in [-0.15, -0.1) is 0 Å². The molecule has 0 bridgehead atoms. The van der Waals surface area contributed by atoms with Crippen LogP contribution in [0.4, 0.5) is 5.82 Å². The molecule has 2 heterocycles. The van der Waals surface area contributed by atoms with Crippen molar-refractivity contribution in [3.8, 4) is 0 Å². The van der Waals surface area contributed by atoms with Crippen LogP contribution in [0.3, 0.4) is 0 Å². The number of anilines is 1. The van der Waals surface area contributed by atoms with Crippen molar-refractivity contribution in [1.29, 1.82) is 0 Å². The van der Waals surface area contributed by atoms with E-state index in [1.54, 1.807) is 24.0 Å². The molecule has 0 aliphatic rings. The molecule has 80 valence electrons. The molecule has 0 amide bonds. The van der Waals surface area contributed by atoms with Gasteiger partial charge in [0.05, 0.1) is 13.1 Å². The van der Waals surface area contributed by atoms with Crippen LogP contribution in [0.1, 0.15) is 0 Å². The summed E-state index contributed by atoms with van der Waals surface area (Å²) in [5.74, 6) is 0.475. The summed E-state index contributed by atoms with van der Waals surface area (Å²) in [6, 6.07) is 1.71. The average Bonchev–Trinajstić information content (AvgIpc) is 2.74. The quantitative estimate of drug-likeness (QED) is 0.705. The van der Waals surface area contributed by atoms with Crippen molar-refractivity contribution < 1.29 is 0 Å². The van der Waals surface area contributed by atoms with Crippen molar-refractivity contribution in [1.82, 2.24) is 24.1 Å². The third-order valence-corrected chi connectivity index (χ3v) is 2.09. The van der Waals surface area contributed by atoms with Crippen LogP contribution in [-0.4, -0.2) is 24.1 Å². The van der Waals surface area contributed by atoms with Gasteiger partial charge in [-0.2, -0.15) is 10.2 Å². The van der Waals surface area contributed by atoms with Crippen molar-refractivity contribution in [3.63, 3.8) is 0 Å². The molecule has 15 heavy (non-hydrogen) atoms. The van der Waals surface area contributed by atoms with E-state index in [-0.39, 0.29) is 5.69 Å². The fourth-order valence-electron chi connectivity index (χ4n) is 1.27. The predicted molar refractivity (Wildman–Crippen MR) is 54.1 cm³/mol. The maximum Gasteiger partial charge on any atom is 0.345 e. The summed E-state index contributed by atoms with van der Waals surface area (Å²) in [6.45, 7) is 1.06. The summed E-state index contributed by atoms with van der Waals surface area (Å²) in [5.41, 5.74) is 5.33. The van der Waals surface area contributed by atoms with E-state index in [1.807, 2.05) is 0 Å². The Morgan fingerprint density at radius 2 is 2.27 bits per heavy atom. The normalized spacial score (nSPS) is 10.7. The summed E-state index contributed by atoms with van der Waals surface area (Å²) < 4.78 is 4.49. The number of aryl methyl sites for hydroxylation is 3. The molecule has 0 spiro atoms. The largest absolute Gasteiger partial charge is 0.382 e. The van der Waals surface area contributed by atoms with Crippen LogP contribution in [0.5, 0.6) is 0 Å². The third-order valence-electron chi connectivity index (χ3n) is 2.09. The Morgan fingerprint density at radius 1 is 1.47 bits per heavy atom. The highest BCUT2D eigenvalue weighted by Crippen LogP contribution is 1.95. The molecule has 0 atom stereocenters. The summed E-state index contributed by atoms with van der Waals surface area (Å²) in [7, 11) is 1.66. The maximum atomic E-state index is 11.4. The van der Waals surface area contributed by atoms with Gasteiger partial charge in [-0.25, -0.2) is 9.48 Å².